The number of rotatable bonds is 6. The van der Waals surface area contributed by atoms with Crippen molar-refractivity contribution in [1.82, 2.24) is 5.32 Å². The van der Waals surface area contributed by atoms with Gasteiger partial charge in [0.2, 0.25) is 0 Å². The van der Waals surface area contributed by atoms with E-state index in [4.69, 9.17) is 21.1 Å². The number of hydrogen-bond donors (Lipinski definition) is 1. The molecule has 1 aliphatic rings. The fraction of sp³-hybridized carbons (Fsp3) is 0.280. The molecule has 2 aromatic rings. The Labute approximate surface area is 196 Å². The maximum Gasteiger partial charge on any atom is 0.336 e. The Kier molecular flexibility index (Phi) is 7.26. The van der Waals surface area contributed by atoms with Gasteiger partial charge in [-0.15, -0.1) is 0 Å². The fourth-order valence-corrected chi connectivity index (χ4v) is 5.29. The van der Waals surface area contributed by atoms with Crippen molar-refractivity contribution in [3.63, 3.8) is 0 Å². The van der Waals surface area contributed by atoms with Crippen molar-refractivity contribution in [1.29, 1.82) is 0 Å². The number of allylic oxidation sites excluding steroid dienone is 2. The number of benzene rings is 2. The summed E-state index contributed by atoms with van der Waals surface area (Å²) in [7, 11) is 1.57. The summed E-state index contributed by atoms with van der Waals surface area (Å²) in [4.78, 5) is 26.3. The van der Waals surface area contributed by atoms with Crippen LogP contribution in [0.5, 0.6) is 0 Å². The van der Waals surface area contributed by atoms with Gasteiger partial charge in [0.25, 0.3) is 0 Å². The van der Waals surface area contributed by atoms with Crippen molar-refractivity contribution in [2.45, 2.75) is 38.8 Å². The van der Waals surface area contributed by atoms with Crippen LogP contribution < -0.4 is 10.5 Å². The Morgan fingerprint density at radius 2 is 1.50 bits per heavy atom. The number of hydrogen-bond acceptors (Lipinski definition) is 5. The number of dihydropyridines is 1. The van der Waals surface area contributed by atoms with Crippen molar-refractivity contribution in [2.75, 3.05) is 7.11 Å². The Hall–Kier alpha value is -2.83. The molecule has 2 aromatic carbocycles. The molecule has 0 spiro atoms. The van der Waals surface area contributed by atoms with Crippen LogP contribution >= 0.6 is 11.6 Å². The van der Waals surface area contributed by atoms with E-state index >= 15 is 0 Å². The Bertz CT molecular complexity index is 1090. The average Bonchev–Trinajstić information content (AvgIpc) is 2.73. The van der Waals surface area contributed by atoms with Gasteiger partial charge < -0.3 is 14.8 Å². The number of esters is 2. The van der Waals surface area contributed by atoms with Crippen LogP contribution in [0.1, 0.15) is 39.2 Å². The predicted octanol–water partition coefficient (Wildman–Crippen LogP) is 4.06. The lowest BCUT2D eigenvalue weighted by Crippen LogP contribution is -2.43. The summed E-state index contributed by atoms with van der Waals surface area (Å²) in [6.07, 6.45) is 0. The molecule has 0 bridgehead atoms. The highest BCUT2D eigenvalue weighted by atomic mass is 35.5. The number of nitrogens with one attached hydrogen (secondary N) is 1. The third-order valence-electron chi connectivity index (χ3n) is 5.17. The normalized spacial score (nSPS) is 16.5. The van der Waals surface area contributed by atoms with Gasteiger partial charge in [0, 0.05) is 16.4 Å². The molecule has 0 amide bonds. The minimum Gasteiger partial charge on any atom is -0.466 e. The highest BCUT2D eigenvalue weighted by Crippen LogP contribution is 2.42. The molecule has 32 heavy (non-hydrogen) atoms. The molecule has 0 fully saturated rings. The van der Waals surface area contributed by atoms with Crippen LogP contribution in [0.25, 0.3) is 0 Å². The van der Waals surface area contributed by atoms with Gasteiger partial charge in [-0.3, -0.25) is 0 Å². The first kappa shape index (κ1) is 23.8. The van der Waals surface area contributed by atoms with Gasteiger partial charge in [-0.1, -0.05) is 65.3 Å². The van der Waals surface area contributed by atoms with Crippen LogP contribution in [0.2, 0.25) is 5.02 Å². The highest BCUT2D eigenvalue weighted by molar-refractivity contribution is 6.56. The summed E-state index contributed by atoms with van der Waals surface area (Å²) >= 11 is 6.51. The standard InChI is InChI=1S/C25H26ClNO4Si/c1-15-20(23(28)30-5)22(18-13-9-10-14-19(18)26)21(16(2)27-15)24(29)31-25(3,4)32-17-11-7-6-8-12-17/h6-14,22,27H,1-5H3. The largest absolute Gasteiger partial charge is 0.466 e. The first-order chi connectivity index (χ1) is 15.1. The van der Waals surface area contributed by atoms with Gasteiger partial charge in [-0.05, 0) is 39.3 Å². The van der Waals surface area contributed by atoms with Gasteiger partial charge >= 0.3 is 11.9 Å². The van der Waals surface area contributed by atoms with E-state index in [-0.39, 0.29) is 9.52 Å². The van der Waals surface area contributed by atoms with Gasteiger partial charge in [0.15, 0.2) is 0 Å². The number of carbonyl (C=O) groups is 2. The summed E-state index contributed by atoms with van der Waals surface area (Å²) in [6, 6.07) is 17.1. The molecule has 1 aliphatic heterocycles. The van der Waals surface area contributed by atoms with Crippen molar-refractivity contribution in [3.8, 4) is 0 Å². The van der Waals surface area contributed by atoms with Gasteiger partial charge in [-0.2, -0.15) is 0 Å². The summed E-state index contributed by atoms with van der Waals surface area (Å²) in [5.41, 5.74) is 2.55. The van der Waals surface area contributed by atoms with Crippen LogP contribution in [0.4, 0.5) is 0 Å². The summed E-state index contributed by atoms with van der Waals surface area (Å²) in [5, 5.41) is 3.95. The van der Waals surface area contributed by atoms with E-state index < -0.39 is 23.1 Å². The van der Waals surface area contributed by atoms with E-state index in [0.717, 1.165) is 5.19 Å². The van der Waals surface area contributed by atoms with Crippen LogP contribution in [0.15, 0.2) is 77.1 Å². The van der Waals surface area contributed by atoms with E-state index in [1.807, 2.05) is 56.3 Å². The number of ether oxygens (including phenoxy) is 2. The molecule has 0 saturated carbocycles. The first-order valence-corrected chi connectivity index (χ1v) is 11.6. The van der Waals surface area contributed by atoms with E-state index in [1.54, 1.807) is 26.0 Å². The smallest absolute Gasteiger partial charge is 0.336 e. The maximum absolute atomic E-state index is 13.5. The van der Waals surface area contributed by atoms with Crippen molar-refractivity contribution in [3.05, 3.63) is 87.7 Å². The molecular weight excluding hydrogens is 442 g/mol. The third kappa shape index (κ3) is 5.14. The summed E-state index contributed by atoms with van der Waals surface area (Å²) in [5.74, 6) is -1.73. The minimum absolute atomic E-state index is 0.255. The van der Waals surface area contributed by atoms with Crippen LogP contribution in [0, 0.1) is 0 Å². The lowest BCUT2D eigenvalue weighted by Gasteiger charge is -2.33. The number of halogens is 1. The van der Waals surface area contributed by atoms with Crippen LogP contribution in [-0.2, 0) is 19.1 Å². The highest BCUT2D eigenvalue weighted by Gasteiger charge is 2.40. The zero-order valence-electron chi connectivity index (χ0n) is 18.8. The maximum atomic E-state index is 13.5. The lowest BCUT2D eigenvalue weighted by atomic mass is 9.80. The number of methoxy groups -OCH3 is 1. The summed E-state index contributed by atoms with van der Waals surface area (Å²) < 4.78 is 11.0. The minimum atomic E-state index is -0.738. The molecule has 2 radical (unpaired) electrons. The lowest BCUT2D eigenvalue weighted by molar-refractivity contribution is -0.145. The SMILES string of the molecule is COC(=O)C1=C(C)NC(C)=C(C(=O)OC(C)(C)[Si]c2ccccc2)C1c1ccccc1Cl. The third-order valence-corrected chi connectivity index (χ3v) is 6.84. The molecule has 1 atom stereocenters. The van der Waals surface area contributed by atoms with Crippen molar-refractivity contribution >= 4 is 38.2 Å². The quantitative estimate of drug-likeness (QED) is 0.512. The molecule has 0 aromatic heterocycles. The molecule has 1 N–H and O–H groups in total. The first-order valence-electron chi connectivity index (χ1n) is 10.2. The van der Waals surface area contributed by atoms with E-state index in [9.17, 15) is 9.59 Å². The van der Waals surface area contributed by atoms with Crippen molar-refractivity contribution in [2.24, 2.45) is 0 Å². The average molecular weight is 468 g/mol. The van der Waals surface area contributed by atoms with Crippen LogP contribution in [0.3, 0.4) is 0 Å². The molecule has 3 rings (SSSR count). The van der Waals surface area contributed by atoms with Gasteiger partial charge in [-0.25, -0.2) is 9.59 Å². The van der Waals surface area contributed by atoms with E-state index in [1.165, 1.54) is 7.11 Å². The number of carbonyl (C=O) groups excluding carboxylic acids is 2. The van der Waals surface area contributed by atoms with E-state index in [0.29, 0.717) is 33.1 Å². The molecule has 1 heterocycles. The molecule has 166 valence electrons. The predicted molar refractivity (Wildman–Crippen MR) is 127 cm³/mol. The monoisotopic (exact) mass is 467 g/mol. The molecule has 0 aliphatic carbocycles. The second kappa shape index (κ2) is 9.75. The second-order valence-electron chi connectivity index (χ2n) is 8.04. The van der Waals surface area contributed by atoms with Gasteiger partial charge in [0.1, 0.15) is 9.52 Å². The van der Waals surface area contributed by atoms with Crippen LogP contribution in [-0.4, -0.2) is 33.8 Å². The van der Waals surface area contributed by atoms with E-state index in [2.05, 4.69) is 5.32 Å². The summed E-state index contributed by atoms with van der Waals surface area (Å²) in [6.45, 7) is 7.34. The van der Waals surface area contributed by atoms with Gasteiger partial charge in [0.05, 0.1) is 29.4 Å². The topological polar surface area (TPSA) is 64.6 Å². The molecule has 1 unspecified atom stereocenters. The zero-order chi connectivity index (χ0) is 23.5. The molecule has 0 saturated heterocycles. The molecular formula is C25H26ClNO4Si. The Morgan fingerprint density at radius 3 is 2.09 bits per heavy atom. The molecule has 5 nitrogen and oxygen atoms in total. The Morgan fingerprint density at radius 1 is 0.938 bits per heavy atom. The zero-order valence-corrected chi connectivity index (χ0v) is 20.5. The fourth-order valence-electron chi connectivity index (χ4n) is 3.85. The Balaban J connectivity index is 2.02. The second-order valence-corrected chi connectivity index (χ2v) is 10.5. The molecule has 7 heteroatoms. The van der Waals surface area contributed by atoms with Crippen molar-refractivity contribution < 1.29 is 19.1 Å².